The van der Waals surface area contributed by atoms with Crippen LogP contribution in [0.4, 0.5) is 0 Å². The Bertz CT molecular complexity index is 400. The van der Waals surface area contributed by atoms with E-state index >= 15 is 0 Å². The minimum absolute atomic E-state index is 0.628. The van der Waals surface area contributed by atoms with E-state index in [9.17, 15) is 0 Å². The van der Waals surface area contributed by atoms with Gasteiger partial charge < -0.3 is 5.73 Å². The predicted octanol–water partition coefficient (Wildman–Crippen LogP) is 3.26. The van der Waals surface area contributed by atoms with Gasteiger partial charge in [0, 0.05) is 5.69 Å². The molecule has 3 nitrogen and oxygen atoms in total. The molecule has 0 spiro atoms. The van der Waals surface area contributed by atoms with Gasteiger partial charge in [-0.1, -0.05) is 20.8 Å². The minimum atomic E-state index is 0.628. The average molecular weight is 263 g/mol. The Hall–Kier alpha value is -0.830. The Morgan fingerprint density at radius 3 is 2.37 bits per heavy atom. The molecule has 1 aromatic heterocycles. The summed E-state index contributed by atoms with van der Waals surface area (Å²) in [6, 6.07) is 0.628. The highest BCUT2D eigenvalue weighted by molar-refractivity contribution is 5.27. The van der Waals surface area contributed by atoms with E-state index in [2.05, 4.69) is 25.5 Å². The van der Waals surface area contributed by atoms with Crippen LogP contribution in [0.5, 0.6) is 0 Å². The van der Waals surface area contributed by atoms with Gasteiger partial charge >= 0.3 is 0 Å². The fraction of sp³-hybridized carbons (Fsp3) is 0.812. The summed E-state index contributed by atoms with van der Waals surface area (Å²) in [7, 11) is 0. The maximum Gasteiger partial charge on any atom is 0.0657 e. The van der Waals surface area contributed by atoms with E-state index in [0.29, 0.717) is 6.04 Å². The first-order chi connectivity index (χ1) is 9.21. The summed E-state index contributed by atoms with van der Waals surface area (Å²) in [4.78, 5) is 0. The van der Waals surface area contributed by atoms with Crippen molar-refractivity contribution in [2.45, 2.75) is 71.8 Å². The van der Waals surface area contributed by atoms with Crippen molar-refractivity contribution in [3.05, 3.63) is 17.0 Å². The lowest BCUT2D eigenvalue weighted by molar-refractivity contribution is 0.268. The summed E-state index contributed by atoms with van der Waals surface area (Å²) in [5, 5.41) is 4.93. The van der Waals surface area contributed by atoms with E-state index in [1.165, 1.54) is 42.6 Å². The monoisotopic (exact) mass is 263 g/mol. The first-order valence-corrected chi connectivity index (χ1v) is 8.00. The SMILES string of the molecule is CCc1nn(C2CCC(C)CC2)c(CC)c1CCN. The van der Waals surface area contributed by atoms with Gasteiger partial charge in [0.05, 0.1) is 11.7 Å². The standard InChI is InChI=1S/C16H29N3/c1-4-15-14(10-11-17)16(5-2)19(18-15)13-8-6-12(3)7-9-13/h12-13H,4-11,17H2,1-3H3. The van der Waals surface area contributed by atoms with Gasteiger partial charge in [0.1, 0.15) is 0 Å². The van der Waals surface area contributed by atoms with E-state index in [-0.39, 0.29) is 0 Å². The lowest BCUT2D eigenvalue weighted by Crippen LogP contribution is -2.20. The number of aryl methyl sites for hydroxylation is 1. The first-order valence-electron chi connectivity index (χ1n) is 8.00. The van der Waals surface area contributed by atoms with Gasteiger partial charge in [-0.2, -0.15) is 5.10 Å². The van der Waals surface area contributed by atoms with Crippen LogP contribution in [0, 0.1) is 5.92 Å². The molecule has 1 aromatic rings. The van der Waals surface area contributed by atoms with Crippen LogP contribution in [-0.2, 0) is 19.3 Å². The van der Waals surface area contributed by atoms with Crippen LogP contribution in [0.1, 0.15) is 69.4 Å². The summed E-state index contributed by atoms with van der Waals surface area (Å²) in [6.45, 7) is 7.55. The van der Waals surface area contributed by atoms with Crippen molar-refractivity contribution < 1.29 is 0 Å². The largest absolute Gasteiger partial charge is 0.330 e. The zero-order valence-corrected chi connectivity index (χ0v) is 12.8. The third kappa shape index (κ3) is 3.02. The van der Waals surface area contributed by atoms with Crippen molar-refractivity contribution in [2.75, 3.05) is 6.54 Å². The highest BCUT2D eigenvalue weighted by Crippen LogP contribution is 2.33. The highest BCUT2D eigenvalue weighted by Gasteiger charge is 2.24. The van der Waals surface area contributed by atoms with Crippen LogP contribution in [0.25, 0.3) is 0 Å². The molecule has 0 amide bonds. The summed E-state index contributed by atoms with van der Waals surface area (Å²) in [5.41, 5.74) is 9.94. The number of hydrogen-bond acceptors (Lipinski definition) is 2. The molecule has 2 N–H and O–H groups in total. The summed E-state index contributed by atoms with van der Waals surface area (Å²) >= 11 is 0. The molecule has 3 heteroatoms. The minimum Gasteiger partial charge on any atom is -0.330 e. The van der Waals surface area contributed by atoms with E-state index in [1.807, 2.05) is 0 Å². The predicted molar refractivity (Wildman–Crippen MR) is 80.4 cm³/mol. The molecular formula is C16H29N3. The molecule has 0 unspecified atom stereocenters. The fourth-order valence-corrected chi connectivity index (χ4v) is 3.44. The topological polar surface area (TPSA) is 43.8 Å². The number of rotatable bonds is 5. The highest BCUT2D eigenvalue weighted by atomic mass is 15.3. The zero-order chi connectivity index (χ0) is 13.8. The molecule has 19 heavy (non-hydrogen) atoms. The van der Waals surface area contributed by atoms with Gasteiger partial charge in [-0.05, 0) is 63.0 Å². The third-order valence-corrected chi connectivity index (χ3v) is 4.60. The number of aromatic nitrogens is 2. The average Bonchev–Trinajstić information content (AvgIpc) is 2.78. The Kier molecular flexibility index (Phi) is 5.03. The van der Waals surface area contributed by atoms with Crippen molar-refractivity contribution in [3.63, 3.8) is 0 Å². The Balaban J connectivity index is 2.28. The van der Waals surface area contributed by atoms with Gasteiger partial charge in [-0.3, -0.25) is 4.68 Å². The Morgan fingerprint density at radius 2 is 1.84 bits per heavy atom. The van der Waals surface area contributed by atoms with E-state index in [1.54, 1.807) is 0 Å². The van der Waals surface area contributed by atoms with Crippen LogP contribution >= 0.6 is 0 Å². The molecule has 0 bridgehead atoms. The second kappa shape index (κ2) is 6.56. The number of hydrogen-bond donors (Lipinski definition) is 1. The Labute approximate surface area is 117 Å². The van der Waals surface area contributed by atoms with Crippen molar-refractivity contribution >= 4 is 0 Å². The second-order valence-electron chi connectivity index (χ2n) is 5.98. The van der Waals surface area contributed by atoms with Gasteiger partial charge in [0.15, 0.2) is 0 Å². The molecule has 0 atom stereocenters. The summed E-state index contributed by atoms with van der Waals surface area (Å²) in [5.74, 6) is 0.894. The lowest BCUT2D eigenvalue weighted by atomic mass is 9.87. The van der Waals surface area contributed by atoms with Crippen LogP contribution in [0.2, 0.25) is 0 Å². The molecule has 1 aliphatic rings. The molecule has 0 radical (unpaired) electrons. The molecule has 0 aromatic carbocycles. The quantitative estimate of drug-likeness (QED) is 0.886. The van der Waals surface area contributed by atoms with Gasteiger partial charge in [-0.25, -0.2) is 0 Å². The normalized spacial score (nSPS) is 23.8. The molecule has 0 aliphatic heterocycles. The molecule has 1 saturated carbocycles. The van der Waals surface area contributed by atoms with E-state index in [4.69, 9.17) is 10.8 Å². The molecule has 1 aliphatic carbocycles. The van der Waals surface area contributed by atoms with Crippen molar-refractivity contribution in [1.82, 2.24) is 9.78 Å². The van der Waals surface area contributed by atoms with E-state index in [0.717, 1.165) is 31.7 Å². The van der Waals surface area contributed by atoms with Crippen molar-refractivity contribution in [2.24, 2.45) is 11.7 Å². The van der Waals surface area contributed by atoms with Crippen molar-refractivity contribution in [1.29, 1.82) is 0 Å². The lowest BCUT2D eigenvalue weighted by Gasteiger charge is -2.27. The maximum absolute atomic E-state index is 5.78. The molecule has 108 valence electrons. The maximum atomic E-state index is 5.78. The van der Waals surface area contributed by atoms with Gasteiger partial charge in [-0.15, -0.1) is 0 Å². The molecule has 1 heterocycles. The number of nitrogens with zero attached hydrogens (tertiary/aromatic N) is 2. The van der Waals surface area contributed by atoms with Crippen LogP contribution in [-0.4, -0.2) is 16.3 Å². The molecule has 0 saturated heterocycles. The van der Waals surface area contributed by atoms with Gasteiger partial charge in [0.2, 0.25) is 0 Å². The molecule has 2 rings (SSSR count). The molecular weight excluding hydrogens is 234 g/mol. The second-order valence-corrected chi connectivity index (χ2v) is 5.98. The molecule has 1 fully saturated rings. The van der Waals surface area contributed by atoms with Crippen LogP contribution in [0.3, 0.4) is 0 Å². The summed E-state index contributed by atoms with van der Waals surface area (Å²) in [6.07, 6.45) is 8.37. The zero-order valence-electron chi connectivity index (χ0n) is 12.8. The Morgan fingerprint density at radius 1 is 1.16 bits per heavy atom. The summed E-state index contributed by atoms with van der Waals surface area (Å²) < 4.78 is 2.36. The van der Waals surface area contributed by atoms with Crippen LogP contribution in [0.15, 0.2) is 0 Å². The van der Waals surface area contributed by atoms with Crippen LogP contribution < -0.4 is 5.73 Å². The fourth-order valence-electron chi connectivity index (χ4n) is 3.44. The number of nitrogens with two attached hydrogens (primary N) is 1. The first kappa shape index (κ1) is 14.6. The third-order valence-electron chi connectivity index (χ3n) is 4.60. The van der Waals surface area contributed by atoms with Crippen molar-refractivity contribution in [3.8, 4) is 0 Å². The van der Waals surface area contributed by atoms with Gasteiger partial charge in [0.25, 0.3) is 0 Å². The van der Waals surface area contributed by atoms with E-state index < -0.39 is 0 Å². The smallest absolute Gasteiger partial charge is 0.0657 e.